The van der Waals surface area contributed by atoms with Gasteiger partial charge < -0.3 is 15.3 Å². The lowest BCUT2D eigenvalue weighted by Crippen LogP contribution is -2.41. The standard InChI is InChI=1S/C10H18F2N2O2/c1-14(6-9(11)12)5-4-8(10(15)16)13-7-2-3-7/h7-9,13H,2-6H2,1H3,(H,15,16). The predicted molar refractivity (Wildman–Crippen MR) is 55.7 cm³/mol. The summed E-state index contributed by atoms with van der Waals surface area (Å²) in [5.74, 6) is -0.905. The SMILES string of the molecule is CN(CCC(NC1CC1)C(=O)O)CC(F)F. The highest BCUT2D eigenvalue weighted by Crippen LogP contribution is 2.20. The van der Waals surface area contributed by atoms with Crippen LogP contribution in [0.15, 0.2) is 0 Å². The fraction of sp³-hybridized carbons (Fsp3) is 0.900. The maximum atomic E-state index is 12.0. The highest BCUT2D eigenvalue weighted by atomic mass is 19.3. The summed E-state index contributed by atoms with van der Waals surface area (Å²) in [5, 5.41) is 11.9. The second kappa shape index (κ2) is 6.10. The van der Waals surface area contributed by atoms with E-state index in [9.17, 15) is 13.6 Å². The zero-order chi connectivity index (χ0) is 12.1. The lowest BCUT2D eigenvalue weighted by molar-refractivity contribution is -0.139. The molecule has 1 atom stereocenters. The number of halogens is 2. The number of carbonyl (C=O) groups is 1. The summed E-state index contributed by atoms with van der Waals surface area (Å²) in [5.41, 5.74) is 0. The summed E-state index contributed by atoms with van der Waals surface area (Å²) in [7, 11) is 1.57. The molecule has 0 aromatic rings. The van der Waals surface area contributed by atoms with Crippen molar-refractivity contribution in [3.63, 3.8) is 0 Å². The minimum Gasteiger partial charge on any atom is -0.480 e. The fourth-order valence-electron chi connectivity index (χ4n) is 1.49. The topological polar surface area (TPSA) is 52.6 Å². The molecule has 0 aliphatic heterocycles. The largest absolute Gasteiger partial charge is 0.480 e. The van der Waals surface area contributed by atoms with Gasteiger partial charge in [0.25, 0.3) is 6.43 Å². The van der Waals surface area contributed by atoms with Gasteiger partial charge in [-0.2, -0.15) is 0 Å². The fourth-order valence-corrected chi connectivity index (χ4v) is 1.49. The van der Waals surface area contributed by atoms with E-state index in [0.29, 0.717) is 19.0 Å². The number of hydrogen-bond donors (Lipinski definition) is 2. The number of nitrogens with one attached hydrogen (secondary N) is 1. The van der Waals surface area contributed by atoms with Gasteiger partial charge in [-0.25, -0.2) is 8.78 Å². The summed E-state index contributed by atoms with van der Waals surface area (Å²) < 4.78 is 24.0. The van der Waals surface area contributed by atoms with Gasteiger partial charge in [0.15, 0.2) is 0 Å². The number of alkyl halides is 2. The van der Waals surface area contributed by atoms with Gasteiger partial charge in [0, 0.05) is 12.6 Å². The Hall–Kier alpha value is -0.750. The van der Waals surface area contributed by atoms with E-state index >= 15 is 0 Å². The van der Waals surface area contributed by atoms with E-state index in [2.05, 4.69) is 5.32 Å². The van der Waals surface area contributed by atoms with Crippen molar-refractivity contribution in [3.05, 3.63) is 0 Å². The Bertz CT molecular complexity index is 235. The van der Waals surface area contributed by atoms with Crippen LogP contribution < -0.4 is 5.32 Å². The Balaban J connectivity index is 2.22. The average Bonchev–Trinajstić information content (AvgIpc) is 2.93. The van der Waals surface area contributed by atoms with Crippen LogP contribution in [0, 0.1) is 0 Å². The number of nitrogens with zero attached hydrogens (tertiary/aromatic N) is 1. The maximum absolute atomic E-state index is 12.0. The van der Waals surface area contributed by atoms with Crippen LogP contribution in [-0.4, -0.2) is 54.6 Å². The molecule has 0 aromatic heterocycles. The first-order chi connectivity index (χ1) is 7.49. The highest BCUT2D eigenvalue weighted by Gasteiger charge is 2.28. The van der Waals surface area contributed by atoms with Crippen molar-refractivity contribution in [1.29, 1.82) is 0 Å². The zero-order valence-electron chi connectivity index (χ0n) is 9.33. The third-order valence-electron chi connectivity index (χ3n) is 2.56. The monoisotopic (exact) mass is 236 g/mol. The lowest BCUT2D eigenvalue weighted by Gasteiger charge is -2.19. The molecule has 16 heavy (non-hydrogen) atoms. The number of carboxylic acid groups (broad SMARTS) is 1. The van der Waals surface area contributed by atoms with E-state index in [0.717, 1.165) is 12.8 Å². The van der Waals surface area contributed by atoms with Crippen LogP contribution in [0.25, 0.3) is 0 Å². The Labute approximate surface area is 93.6 Å². The molecule has 0 aromatic carbocycles. The number of carboxylic acids is 1. The van der Waals surface area contributed by atoms with Gasteiger partial charge in [0.2, 0.25) is 0 Å². The van der Waals surface area contributed by atoms with Crippen molar-refractivity contribution in [3.8, 4) is 0 Å². The molecule has 0 spiro atoms. The molecular formula is C10H18F2N2O2. The first kappa shape index (κ1) is 13.3. The van der Waals surface area contributed by atoms with Gasteiger partial charge in [-0.1, -0.05) is 0 Å². The van der Waals surface area contributed by atoms with Crippen LogP contribution in [0.4, 0.5) is 8.78 Å². The van der Waals surface area contributed by atoms with E-state index in [4.69, 9.17) is 5.11 Å². The van der Waals surface area contributed by atoms with Crippen LogP contribution in [0.1, 0.15) is 19.3 Å². The molecule has 1 fully saturated rings. The molecule has 0 radical (unpaired) electrons. The van der Waals surface area contributed by atoms with Gasteiger partial charge in [0.1, 0.15) is 6.04 Å². The average molecular weight is 236 g/mol. The van der Waals surface area contributed by atoms with Crippen LogP contribution in [0.3, 0.4) is 0 Å². The second-order valence-corrected chi connectivity index (χ2v) is 4.27. The summed E-state index contributed by atoms with van der Waals surface area (Å²) in [6.45, 7) is 0.0524. The third kappa shape index (κ3) is 5.37. The Morgan fingerprint density at radius 2 is 2.19 bits per heavy atom. The minimum atomic E-state index is -2.37. The Morgan fingerprint density at radius 1 is 1.56 bits per heavy atom. The van der Waals surface area contributed by atoms with Crippen LogP contribution >= 0.6 is 0 Å². The molecule has 0 bridgehead atoms. The number of rotatable bonds is 8. The molecule has 6 heteroatoms. The van der Waals surface area contributed by atoms with Crippen molar-refractivity contribution >= 4 is 5.97 Å². The van der Waals surface area contributed by atoms with E-state index in [1.54, 1.807) is 7.05 Å². The second-order valence-electron chi connectivity index (χ2n) is 4.27. The Morgan fingerprint density at radius 3 is 2.62 bits per heavy atom. The summed E-state index contributed by atoms with van der Waals surface area (Å²) in [6.07, 6.45) is 0.00666. The molecule has 4 nitrogen and oxygen atoms in total. The molecule has 2 N–H and O–H groups in total. The molecule has 94 valence electrons. The lowest BCUT2D eigenvalue weighted by atomic mass is 10.2. The van der Waals surface area contributed by atoms with Gasteiger partial charge in [0.05, 0.1) is 6.54 Å². The smallest absolute Gasteiger partial charge is 0.320 e. The molecule has 1 unspecified atom stereocenters. The minimum absolute atomic E-state index is 0.307. The van der Waals surface area contributed by atoms with Crippen LogP contribution in [-0.2, 0) is 4.79 Å². The van der Waals surface area contributed by atoms with Gasteiger partial charge in [-0.3, -0.25) is 4.79 Å². The molecule has 0 saturated heterocycles. The summed E-state index contributed by atoms with van der Waals surface area (Å²) in [6, 6.07) is -0.311. The maximum Gasteiger partial charge on any atom is 0.320 e. The summed E-state index contributed by atoms with van der Waals surface area (Å²) in [4.78, 5) is 12.3. The zero-order valence-corrected chi connectivity index (χ0v) is 9.33. The van der Waals surface area contributed by atoms with E-state index in [1.165, 1.54) is 4.90 Å². The van der Waals surface area contributed by atoms with Crippen molar-refractivity contribution in [1.82, 2.24) is 10.2 Å². The molecule has 0 heterocycles. The number of hydrogen-bond acceptors (Lipinski definition) is 3. The predicted octanol–water partition coefficient (Wildman–Crippen LogP) is 0.779. The van der Waals surface area contributed by atoms with Crippen molar-refractivity contribution in [2.24, 2.45) is 0 Å². The normalized spacial score (nSPS) is 18.1. The first-order valence-electron chi connectivity index (χ1n) is 5.44. The molecule has 1 aliphatic carbocycles. The molecule has 1 aliphatic rings. The molecular weight excluding hydrogens is 218 g/mol. The van der Waals surface area contributed by atoms with Crippen molar-refractivity contribution < 1.29 is 18.7 Å². The molecule has 0 amide bonds. The quantitative estimate of drug-likeness (QED) is 0.654. The first-order valence-corrected chi connectivity index (χ1v) is 5.44. The van der Waals surface area contributed by atoms with Crippen molar-refractivity contribution in [2.75, 3.05) is 20.1 Å². The molecule has 1 saturated carbocycles. The van der Waals surface area contributed by atoms with Crippen molar-refractivity contribution in [2.45, 2.75) is 37.8 Å². The third-order valence-corrected chi connectivity index (χ3v) is 2.56. The molecule has 1 rings (SSSR count). The van der Waals surface area contributed by atoms with E-state index in [1.807, 2.05) is 0 Å². The summed E-state index contributed by atoms with van der Waals surface area (Å²) >= 11 is 0. The van der Waals surface area contributed by atoms with Crippen LogP contribution in [0.5, 0.6) is 0 Å². The highest BCUT2D eigenvalue weighted by molar-refractivity contribution is 5.73. The van der Waals surface area contributed by atoms with Gasteiger partial charge in [-0.05, 0) is 26.3 Å². The van der Waals surface area contributed by atoms with Gasteiger partial charge >= 0.3 is 5.97 Å². The van der Waals surface area contributed by atoms with Gasteiger partial charge in [-0.15, -0.1) is 0 Å². The number of aliphatic carboxylic acids is 1. The Kier molecular flexibility index (Phi) is 5.08. The van der Waals surface area contributed by atoms with E-state index in [-0.39, 0.29) is 6.54 Å². The van der Waals surface area contributed by atoms with Crippen LogP contribution in [0.2, 0.25) is 0 Å². The van der Waals surface area contributed by atoms with E-state index < -0.39 is 18.4 Å².